The van der Waals surface area contributed by atoms with E-state index in [4.69, 9.17) is 13.9 Å². The Balaban J connectivity index is 1.79. The minimum atomic E-state index is -0.967. The van der Waals surface area contributed by atoms with Crippen molar-refractivity contribution in [3.8, 4) is 0 Å². The van der Waals surface area contributed by atoms with Crippen molar-refractivity contribution in [2.24, 2.45) is 0 Å². The van der Waals surface area contributed by atoms with Gasteiger partial charge in [-0.15, -0.1) is 0 Å². The van der Waals surface area contributed by atoms with Crippen LogP contribution in [0.1, 0.15) is 30.0 Å². The van der Waals surface area contributed by atoms with Crippen molar-refractivity contribution in [1.29, 1.82) is 0 Å². The summed E-state index contributed by atoms with van der Waals surface area (Å²) in [6, 6.07) is 16.5. The number of carbonyl (C=O) groups is 2. The number of anilines is 1. The summed E-state index contributed by atoms with van der Waals surface area (Å²) < 4.78 is 16.6. The Bertz CT molecular complexity index is 963. The first-order valence-electron chi connectivity index (χ1n) is 9.14. The average Bonchev–Trinajstić information content (AvgIpc) is 3.10. The van der Waals surface area contributed by atoms with Gasteiger partial charge in [-0.3, -0.25) is 4.79 Å². The molecule has 6 nitrogen and oxygen atoms in total. The minimum Gasteiger partial charge on any atom is -0.449 e. The molecular weight excluding hydrogens is 358 g/mol. The van der Waals surface area contributed by atoms with E-state index in [9.17, 15) is 9.59 Å². The monoisotopic (exact) mass is 381 g/mol. The molecule has 3 aromatic rings. The van der Waals surface area contributed by atoms with Gasteiger partial charge in [0.15, 0.2) is 6.10 Å². The van der Waals surface area contributed by atoms with Gasteiger partial charge in [-0.1, -0.05) is 36.4 Å². The molecule has 2 aromatic carbocycles. The zero-order chi connectivity index (χ0) is 20.1. The summed E-state index contributed by atoms with van der Waals surface area (Å²) in [7, 11) is 1.64. The number of para-hydroxylation sites is 2. The number of nitrogens with zero attached hydrogens (tertiary/aromatic N) is 1. The first-order chi connectivity index (χ1) is 13.5. The maximum absolute atomic E-state index is 12.7. The highest BCUT2D eigenvalue weighted by molar-refractivity contribution is 6.00. The smallest absolute Gasteiger partial charge is 0.375 e. The second-order valence-corrected chi connectivity index (χ2v) is 6.32. The molecule has 0 radical (unpaired) electrons. The molecule has 1 aromatic heterocycles. The molecule has 1 amide bonds. The highest BCUT2D eigenvalue weighted by Crippen LogP contribution is 2.27. The summed E-state index contributed by atoms with van der Waals surface area (Å²) in [5, 5.41) is 0.795. The predicted octanol–water partition coefficient (Wildman–Crippen LogP) is 4.18. The van der Waals surface area contributed by atoms with Crippen molar-refractivity contribution >= 4 is 28.5 Å². The fraction of sp³-hybridized carbons (Fsp3) is 0.273. The molecule has 6 heteroatoms. The Labute approximate surface area is 163 Å². The van der Waals surface area contributed by atoms with E-state index in [1.54, 1.807) is 20.0 Å². The van der Waals surface area contributed by atoms with Crippen molar-refractivity contribution in [1.82, 2.24) is 0 Å². The maximum Gasteiger partial charge on any atom is 0.375 e. The van der Waals surface area contributed by atoms with Crippen LogP contribution in [-0.2, 0) is 20.9 Å². The first kappa shape index (κ1) is 19.6. The number of furan rings is 1. The molecular formula is C22H23NO5. The molecule has 1 atom stereocenters. The molecule has 0 fully saturated rings. The van der Waals surface area contributed by atoms with E-state index < -0.39 is 12.1 Å². The number of benzene rings is 2. The van der Waals surface area contributed by atoms with Gasteiger partial charge in [0.1, 0.15) is 5.58 Å². The van der Waals surface area contributed by atoms with Gasteiger partial charge in [0.2, 0.25) is 5.76 Å². The number of hydrogen-bond donors (Lipinski definition) is 0. The van der Waals surface area contributed by atoms with Crippen LogP contribution in [0.15, 0.2) is 59.0 Å². The van der Waals surface area contributed by atoms with Crippen molar-refractivity contribution in [3.05, 3.63) is 65.9 Å². The van der Waals surface area contributed by atoms with Gasteiger partial charge in [0.05, 0.1) is 6.61 Å². The zero-order valence-corrected chi connectivity index (χ0v) is 16.2. The highest BCUT2D eigenvalue weighted by Gasteiger charge is 2.27. The second-order valence-electron chi connectivity index (χ2n) is 6.32. The molecule has 0 saturated heterocycles. The lowest BCUT2D eigenvalue weighted by Gasteiger charge is -2.21. The molecule has 0 spiro atoms. The Kier molecular flexibility index (Phi) is 6.11. The average molecular weight is 381 g/mol. The summed E-state index contributed by atoms with van der Waals surface area (Å²) in [6.07, 6.45) is -0.967. The highest BCUT2D eigenvalue weighted by atomic mass is 16.6. The number of likely N-dealkylation sites (N-methyl/N-ethyl adjacent to an activating group) is 1. The maximum atomic E-state index is 12.7. The van der Waals surface area contributed by atoms with Crippen LogP contribution in [0, 0.1) is 0 Å². The third-order valence-corrected chi connectivity index (χ3v) is 4.44. The van der Waals surface area contributed by atoms with Crippen LogP contribution in [0.25, 0.3) is 11.0 Å². The van der Waals surface area contributed by atoms with Crippen LogP contribution >= 0.6 is 0 Å². The van der Waals surface area contributed by atoms with Gasteiger partial charge in [-0.05, 0) is 32.0 Å². The largest absolute Gasteiger partial charge is 0.449 e. The summed E-state index contributed by atoms with van der Waals surface area (Å²) >= 11 is 0. The number of amides is 1. The van der Waals surface area contributed by atoms with Crippen molar-refractivity contribution in [2.45, 2.75) is 26.6 Å². The van der Waals surface area contributed by atoms with Gasteiger partial charge < -0.3 is 18.8 Å². The molecule has 146 valence electrons. The normalized spacial score (nSPS) is 12.0. The van der Waals surface area contributed by atoms with E-state index in [-0.39, 0.29) is 18.3 Å². The summed E-state index contributed by atoms with van der Waals surface area (Å²) in [4.78, 5) is 26.8. The van der Waals surface area contributed by atoms with Crippen molar-refractivity contribution in [2.75, 3.05) is 18.6 Å². The molecule has 3 rings (SSSR count). The lowest BCUT2D eigenvalue weighted by molar-refractivity contribution is -0.126. The van der Waals surface area contributed by atoms with E-state index in [0.29, 0.717) is 17.8 Å². The van der Waals surface area contributed by atoms with E-state index in [1.165, 1.54) is 4.90 Å². The fourth-order valence-electron chi connectivity index (χ4n) is 2.93. The van der Waals surface area contributed by atoms with Gasteiger partial charge in [-0.2, -0.15) is 0 Å². The van der Waals surface area contributed by atoms with Crippen LogP contribution in [0.3, 0.4) is 0 Å². The molecule has 0 aliphatic rings. The molecule has 0 aliphatic heterocycles. The molecule has 28 heavy (non-hydrogen) atoms. The van der Waals surface area contributed by atoms with E-state index in [2.05, 4.69) is 0 Å². The van der Waals surface area contributed by atoms with Crippen LogP contribution in [0.5, 0.6) is 0 Å². The Morgan fingerprint density at radius 1 is 1.07 bits per heavy atom. The third kappa shape index (κ3) is 4.07. The quantitative estimate of drug-likeness (QED) is 0.574. The molecule has 0 saturated carbocycles. The summed E-state index contributed by atoms with van der Waals surface area (Å²) in [6.45, 7) is 4.15. The van der Waals surface area contributed by atoms with Crippen LogP contribution in [0.4, 0.5) is 5.69 Å². The number of carbonyl (C=O) groups excluding carboxylic acids is 2. The number of esters is 1. The molecule has 0 bridgehead atoms. The second kappa shape index (κ2) is 8.71. The van der Waals surface area contributed by atoms with Gasteiger partial charge >= 0.3 is 5.97 Å². The minimum absolute atomic E-state index is 0.0664. The lowest BCUT2D eigenvalue weighted by Crippen LogP contribution is -2.37. The van der Waals surface area contributed by atoms with Crippen molar-refractivity contribution in [3.63, 3.8) is 0 Å². The molecule has 0 N–H and O–H groups in total. The van der Waals surface area contributed by atoms with Gasteiger partial charge in [-0.25, -0.2) is 4.79 Å². The number of rotatable bonds is 7. The van der Waals surface area contributed by atoms with Crippen molar-refractivity contribution < 1.29 is 23.5 Å². The Morgan fingerprint density at radius 3 is 2.46 bits per heavy atom. The topological polar surface area (TPSA) is 69.0 Å². The first-order valence-corrected chi connectivity index (χ1v) is 9.14. The molecule has 1 heterocycles. The summed E-state index contributed by atoms with van der Waals surface area (Å²) in [5.74, 6) is -0.952. The zero-order valence-electron chi connectivity index (χ0n) is 16.2. The predicted molar refractivity (Wildman–Crippen MR) is 106 cm³/mol. The Hall–Kier alpha value is -3.12. The Morgan fingerprint density at radius 2 is 1.75 bits per heavy atom. The van der Waals surface area contributed by atoms with Crippen LogP contribution in [0.2, 0.25) is 0 Å². The SMILES string of the molecule is CCOCc1c(C(=O)O[C@H](C)C(=O)N(C)c2ccccc2)oc2ccccc12. The third-order valence-electron chi connectivity index (χ3n) is 4.44. The standard InChI is InChI=1S/C22H23NO5/c1-4-26-14-18-17-12-8-9-13-19(17)28-20(18)22(25)27-15(2)21(24)23(3)16-10-6-5-7-11-16/h5-13,15H,4,14H2,1-3H3/t15-/m1/s1. The number of ether oxygens (including phenoxy) is 2. The number of fused-ring (bicyclic) bond motifs is 1. The van der Waals surface area contributed by atoms with Gasteiger partial charge in [0, 0.05) is 30.3 Å². The lowest BCUT2D eigenvalue weighted by atomic mass is 10.1. The summed E-state index contributed by atoms with van der Waals surface area (Å²) in [5.41, 5.74) is 1.92. The molecule has 0 aliphatic carbocycles. The fourth-order valence-corrected chi connectivity index (χ4v) is 2.93. The van der Waals surface area contributed by atoms with E-state index in [0.717, 1.165) is 11.1 Å². The number of hydrogen-bond acceptors (Lipinski definition) is 5. The molecule has 0 unspecified atom stereocenters. The van der Waals surface area contributed by atoms with Crippen LogP contribution < -0.4 is 4.90 Å². The van der Waals surface area contributed by atoms with E-state index >= 15 is 0 Å². The van der Waals surface area contributed by atoms with Crippen LogP contribution in [-0.4, -0.2) is 31.6 Å². The van der Waals surface area contributed by atoms with Gasteiger partial charge in [0.25, 0.3) is 5.91 Å². The van der Waals surface area contributed by atoms with E-state index in [1.807, 2.05) is 55.5 Å².